The molecule has 1 aromatic rings. The van der Waals surface area contributed by atoms with E-state index in [0.717, 1.165) is 16.7 Å². The Hall–Kier alpha value is -0.740. The van der Waals surface area contributed by atoms with Crippen LogP contribution in [0.25, 0.3) is 0 Å². The second kappa shape index (κ2) is 5.74. The minimum absolute atomic E-state index is 0.149. The van der Waals surface area contributed by atoms with E-state index in [4.69, 9.17) is 11.6 Å². The lowest BCUT2D eigenvalue weighted by molar-refractivity contribution is -0.173. The van der Waals surface area contributed by atoms with Gasteiger partial charge >= 0.3 is 6.18 Å². The smallest absolute Gasteiger partial charge is 0.370 e. The molecule has 1 rings (SSSR count). The average Bonchev–Trinajstić information content (AvgIpc) is 2.20. The maximum atomic E-state index is 11.9. The number of halogens is 4. The molecule has 0 bridgehead atoms. The number of aryl methyl sites for hydroxylation is 2. The first-order valence-electron chi connectivity index (χ1n) is 5.15. The summed E-state index contributed by atoms with van der Waals surface area (Å²) in [5.41, 5.74) is 2.95. The summed E-state index contributed by atoms with van der Waals surface area (Å²) in [7, 11) is 0. The van der Waals surface area contributed by atoms with Crippen molar-refractivity contribution in [2.75, 3.05) is 13.2 Å². The number of alkyl halides is 4. The third-order valence-corrected chi connectivity index (χ3v) is 2.80. The molecule has 0 fully saturated rings. The molecule has 1 atom stereocenters. The third kappa shape index (κ3) is 4.96. The monoisotopic (exact) mass is 266 g/mol. The van der Waals surface area contributed by atoms with Gasteiger partial charge in [0.25, 0.3) is 0 Å². The van der Waals surface area contributed by atoms with E-state index < -0.39 is 18.2 Å². The molecule has 5 heteroatoms. The summed E-state index contributed by atoms with van der Waals surface area (Å²) in [6.45, 7) is 2.48. The van der Waals surface area contributed by atoms with Crippen molar-refractivity contribution in [3.05, 3.63) is 34.9 Å². The number of benzene rings is 1. The molecular weight excluding hydrogens is 253 g/mol. The predicted molar refractivity (Wildman–Crippen MR) is 61.4 cm³/mol. The Morgan fingerprint density at radius 1 is 1.24 bits per heavy atom. The van der Waals surface area contributed by atoms with Crippen molar-refractivity contribution in [2.24, 2.45) is 0 Å². The lowest BCUT2D eigenvalue weighted by atomic mass is 10.0. The van der Waals surface area contributed by atoms with E-state index in [2.05, 4.69) is 4.74 Å². The summed E-state index contributed by atoms with van der Waals surface area (Å²) in [5.74, 6) is 0. The van der Waals surface area contributed by atoms with Crippen LogP contribution in [0.5, 0.6) is 0 Å². The van der Waals surface area contributed by atoms with Gasteiger partial charge in [-0.2, -0.15) is 13.2 Å². The van der Waals surface area contributed by atoms with Crippen LogP contribution in [0.1, 0.15) is 22.1 Å². The zero-order chi connectivity index (χ0) is 13.1. The highest BCUT2D eigenvalue weighted by molar-refractivity contribution is 6.20. The van der Waals surface area contributed by atoms with Crippen molar-refractivity contribution < 1.29 is 17.9 Å². The zero-order valence-electron chi connectivity index (χ0n) is 9.64. The molecular formula is C12H14ClF3O. The highest BCUT2D eigenvalue weighted by atomic mass is 35.5. The minimum atomic E-state index is -4.31. The second-order valence-electron chi connectivity index (χ2n) is 3.94. The summed E-state index contributed by atoms with van der Waals surface area (Å²) in [6.07, 6.45) is -4.31. The number of ether oxygens (including phenoxy) is 1. The first-order chi connectivity index (χ1) is 7.79. The highest BCUT2D eigenvalue weighted by Crippen LogP contribution is 2.24. The largest absolute Gasteiger partial charge is 0.411 e. The molecule has 0 aliphatic heterocycles. The number of hydrogen-bond acceptors (Lipinski definition) is 1. The van der Waals surface area contributed by atoms with Crippen molar-refractivity contribution >= 4 is 11.6 Å². The lowest BCUT2D eigenvalue weighted by Crippen LogP contribution is -2.18. The SMILES string of the molecule is Cc1ccc(C(Cl)COCC(F)(F)F)cc1C. The van der Waals surface area contributed by atoms with Gasteiger partial charge in [-0.25, -0.2) is 0 Å². The summed E-state index contributed by atoms with van der Waals surface area (Å²) < 4.78 is 40.1. The standard InChI is InChI=1S/C12H14ClF3O/c1-8-3-4-10(5-9(8)2)11(13)6-17-7-12(14,15)16/h3-5,11H,6-7H2,1-2H3. The van der Waals surface area contributed by atoms with Crippen LogP contribution in [0.4, 0.5) is 13.2 Å². The van der Waals surface area contributed by atoms with Crippen LogP contribution < -0.4 is 0 Å². The lowest BCUT2D eigenvalue weighted by Gasteiger charge is -2.13. The van der Waals surface area contributed by atoms with Crippen LogP contribution in [0.15, 0.2) is 18.2 Å². The maximum Gasteiger partial charge on any atom is 0.411 e. The van der Waals surface area contributed by atoms with Gasteiger partial charge in [-0.3, -0.25) is 0 Å². The predicted octanol–water partition coefficient (Wildman–Crippen LogP) is 4.16. The molecule has 0 heterocycles. The fourth-order valence-electron chi connectivity index (χ4n) is 1.33. The Morgan fingerprint density at radius 2 is 1.88 bits per heavy atom. The summed E-state index contributed by atoms with van der Waals surface area (Å²) >= 11 is 5.97. The Morgan fingerprint density at radius 3 is 2.41 bits per heavy atom. The fourth-order valence-corrected chi connectivity index (χ4v) is 1.56. The molecule has 0 aromatic heterocycles. The normalized spacial score (nSPS) is 13.8. The Balaban J connectivity index is 2.52. The Labute approximate surface area is 104 Å². The number of hydrogen-bond donors (Lipinski definition) is 0. The molecule has 96 valence electrons. The zero-order valence-corrected chi connectivity index (χ0v) is 10.4. The topological polar surface area (TPSA) is 9.23 Å². The average molecular weight is 267 g/mol. The Bertz CT molecular complexity index is 377. The summed E-state index contributed by atoms with van der Waals surface area (Å²) in [5, 5.41) is -0.559. The molecule has 0 aliphatic carbocycles. The van der Waals surface area contributed by atoms with Gasteiger partial charge in [0, 0.05) is 0 Å². The van der Waals surface area contributed by atoms with E-state index in [9.17, 15) is 13.2 Å². The molecule has 0 aliphatic rings. The van der Waals surface area contributed by atoms with Gasteiger partial charge < -0.3 is 4.74 Å². The fraction of sp³-hybridized carbons (Fsp3) is 0.500. The van der Waals surface area contributed by atoms with Crippen LogP contribution in [-0.4, -0.2) is 19.4 Å². The van der Waals surface area contributed by atoms with E-state index in [0.29, 0.717) is 0 Å². The van der Waals surface area contributed by atoms with Crippen LogP contribution in [0.3, 0.4) is 0 Å². The molecule has 0 N–H and O–H groups in total. The third-order valence-electron chi connectivity index (χ3n) is 2.42. The highest BCUT2D eigenvalue weighted by Gasteiger charge is 2.27. The van der Waals surface area contributed by atoms with Gasteiger partial charge in [0.15, 0.2) is 0 Å². The van der Waals surface area contributed by atoms with E-state index in [1.54, 1.807) is 6.07 Å². The summed E-state index contributed by atoms with van der Waals surface area (Å²) in [6, 6.07) is 5.56. The van der Waals surface area contributed by atoms with Crippen molar-refractivity contribution in [1.29, 1.82) is 0 Å². The van der Waals surface area contributed by atoms with E-state index in [1.807, 2.05) is 26.0 Å². The molecule has 0 saturated heterocycles. The van der Waals surface area contributed by atoms with Crippen molar-refractivity contribution in [3.63, 3.8) is 0 Å². The molecule has 1 unspecified atom stereocenters. The quantitative estimate of drug-likeness (QED) is 0.744. The van der Waals surface area contributed by atoms with Crippen molar-refractivity contribution in [1.82, 2.24) is 0 Å². The minimum Gasteiger partial charge on any atom is -0.370 e. The van der Waals surface area contributed by atoms with Crippen LogP contribution in [0, 0.1) is 13.8 Å². The molecule has 0 spiro atoms. The van der Waals surface area contributed by atoms with E-state index in [-0.39, 0.29) is 6.61 Å². The van der Waals surface area contributed by atoms with E-state index in [1.165, 1.54) is 0 Å². The molecule has 1 nitrogen and oxygen atoms in total. The first kappa shape index (κ1) is 14.3. The molecule has 0 amide bonds. The maximum absolute atomic E-state index is 11.9. The van der Waals surface area contributed by atoms with Crippen molar-refractivity contribution in [3.8, 4) is 0 Å². The first-order valence-corrected chi connectivity index (χ1v) is 5.59. The molecule has 1 aromatic carbocycles. The molecule has 0 saturated carbocycles. The second-order valence-corrected chi connectivity index (χ2v) is 4.47. The Kier molecular flexibility index (Phi) is 4.83. The van der Waals surface area contributed by atoms with Crippen LogP contribution in [-0.2, 0) is 4.74 Å². The van der Waals surface area contributed by atoms with Gasteiger partial charge in [-0.15, -0.1) is 11.6 Å². The van der Waals surface area contributed by atoms with Gasteiger partial charge in [-0.05, 0) is 30.5 Å². The van der Waals surface area contributed by atoms with Crippen LogP contribution >= 0.6 is 11.6 Å². The van der Waals surface area contributed by atoms with Gasteiger partial charge in [0.05, 0.1) is 12.0 Å². The van der Waals surface area contributed by atoms with Gasteiger partial charge in [0.2, 0.25) is 0 Å². The van der Waals surface area contributed by atoms with Crippen molar-refractivity contribution in [2.45, 2.75) is 25.4 Å². The molecule has 17 heavy (non-hydrogen) atoms. The molecule has 0 radical (unpaired) electrons. The van der Waals surface area contributed by atoms with E-state index >= 15 is 0 Å². The summed E-state index contributed by atoms with van der Waals surface area (Å²) in [4.78, 5) is 0. The van der Waals surface area contributed by atoms with Crippen LogP contribution in [0.2, 0.25) is 0 Å². The number of rotatable bonds is 4. The van der Waals surface area contributed by atoms with Gasteiger partial charge in [-0.1, -0.05) is 18.2 Å². The van der Waals surface area contributed by atoms with Gasteiger partial charge in [0.1, 0.15) is 6.61 Å².